The maximum atomic E-state index is 6.46. The molecular weight excluding hydrogens is 340 g/mol. The molecule has 0 aliphatic carbocycles. The highest BCUT2D eigenvalue weighted by Crippen LogP contribution is 2.39. The number of aryl methyl sites for hydroxylation is 1. The molecule has 0 aliphatic heterocycles. The van der Waals surface area contributed by atoms with Crippen molar-refractivity contribution in [1.29, 1.82) is 0 Å². The lowest BCUT2D eigenvalue weighted by molar-refractivity contribution is 0.664. The smallest absolute Gasteiger partial charge is 0.135 e. The summed E-state index contributed by atoms with van der Waals surface area (Å²) in [7, 11) is 0. The van der Waals surface area contributed by atoms with Crippen LogP contribution in [0.1, 0.15) is 5.56 Å². The van der Waals surface area contributed by atoms with Gasteiger partial charge in [-0.2, -0.15) is 0 Å². The minimum absolute atomic E-state index is 0.921. The third-order valence-corrected chi connectivity index (χ3v) is 5.74. The first-order valence-corrected chi connectivity index (χ1v) is 9.62. The minimum Gasteiger partial charge on any atom is -0.456 e. The van der Waals surface area contributed by atoms with E-state index in [1.807, 2.05) is 0 Å². The van der Waals surface area contributed by atoms with Gasteiger partial charge in [0.05, 0.1) is 0 Å². The quantitative estimate of drug-likeness (QED) is 0.291. The lowest BCUT2D eigenvalue weighted by Crippen LogP contribution is -1.83. The van der Waals surface area contributed by atoms with Gasteiger partial charge in [-0.15, -0.1) is 0 Å². The molecular formula is C27H18O. The van der Waals surface area contributed by atoms with E-state index in [1.54, 1.807) is 0 Å². The van der Waals surface area contributed by atoms with Gasteiger partial charge < -0.3 is 4.42 Å². The van der Waals surface area contributed by atoms with Gasteiger partial charge in [0.15, 0.2) is 0 Å². The molecule has 1 nitrogen and oxygen atoms in total. The molecule has 5 aromatic carbocycles. The van der Waals surface area contributed by atoms with E-state index < -0.39 is 0 Å². The second-order valence-electron chi connectivity index (χ2n) is 7.47. The van der Waals surface area contributed by atoms with E-state index in [2.05, 4.69) is 97.9 Å². The molecule has 0 fully saturated rings. The van der Waals surface area contributed by atoms with E-state index >= 15 is 0 Å². The second kappa shape index (κ2) is 5.71. The fourth-order valence-corrected chi connectivity index (χ4v) is 4.40. The Morgan fingerprint density at radius 2 is 1.18 bits per heavy atom. The predicted octanol–water partition coefficient (Wildman–Crippen LogP) is 7.87. The maximum Gasteiger partial charge on any atom is 0.135 e. The summed E-state index contributed by atoms with van der Waals surface area (Å²) >= 11 is 0. The normalized spacial score (nSPS) is 11.8. The van der Waals surface area contributed by atoms with E-state index in [1.165, 1.54) is 49.0 Å². The first-order valence-electron chi connectivity index (χ1n) is 9.62. The van der Waals surface area contributed by atoms with E-state index in [-0.39, 0.29) is 0 Å². The van der Waals surface area contributed by atoms with Gasteiger partial charge >= 0.3 is 0 Å². The molecule has 0 aliphatic rings. The summed E-state index contributed by atoms with van der Waals surface area (Å²) < 4.78 is 6.46. The average molecular weight is 358 g/mol. The van der Waals surface area contributed by atoms with Crippen molar-refractivity contribution in [2.45, 2.75) is 6.92 Å². The molecule has 6 aromatic rings. The molecule has 0 atom stereocenters. The maximum absolute atomic E-state index is 6.46. The molecule has 1 heterocycles. The van der Waals surface area contributed by atoms with Gasteiger partial charge in [-0.05, 0) is 51.7 Å². The molecule has 0 saturated carbocycles. The Balaban J connectivity index is 1.86. The third kappa shape index (κ3) is 2.13. The highest BCUT2D eigenvalue weighted by atomic mass is 16.3. The van der Waals surface area contributed by atoms with E-state index in [9.17, 15) is 0 Å². The summed E-state index contributed by atoms with van der Waals surface area (Å²) in [5.74, 6) is 0. The van der Waals surface area contributed by atoms with Gasteiger partial charge in [0.1, 0.15) is 11.2 Å². The molecule has 0 spiro atoms. The number of benzene rings is 5. The van der Waals surface area contributed by atoms with Crippen LogP contribution in [0.15, 0.2) is 95.4 Å². The van der Waals surface area contributed by atoms with Crippen LogP contribution in [0.25, 0.3) is 54.6 Å². The molecule has 1 aromatic heterocycles. The third-order valence-electron chi connectivity index (χ3n) is 5.74. The van der Waals surface area contributed by atoms with Gasteiger partial charge in [-0.1, -0.05) is 84.4 Å². The average Bonchev–Trinajstić information content (AvgIpc) is 2.87. The van der Waals surface area contributed by atoms with E-state index in [0.717, 1.165) is 11.2 Å². The number of fused-ring (bicyclic) bond motifs is 1. The lowest BCUT2D eigenvalue weighted by atomic mass is 9.94. The summed E-state index contributed by atoms with van der Waals surface area (Å²) in [4.78, 5) is 0. The van der Waals surface area contributed by atoms with Gasteiger partial charge in [0, 0.05) is 10.8 Å². The standard InChI is InChI=1S/C27H18O/c1-17-11-13-18(14-12-17)20-15-16-25-27-21(20)8-4-9-23(27)22-7-2-5-19-6-3-10-24(28-25)26(19)22/h2-16H,1H3. The molecule has 0 N–H and O–H groups in total. The Hall–Kier alpha value is -3.58. The fraction of sp³-hybridized carbons (Fsp3) is 0.0370. The number of hydrogen-bond donors (Lipinski definition) is 0. The Morgan fingerprint density at radius 1 is 0.536 bits per heavy atom. The van der Waals surface area contributed by atoms with Gasteiger partial charge in [0.25, 0.3) is 0 Å². The van der Waals surface area contributed by atoms with Crippen molar-refractivity contribution in [3.8, 4) is 11.1 Å². The summed E-state index contributed by atoms with van der Waals surface area (Å²) in [6.45, 7) is 2.12. The summed E-state index contributed by atoms with van der Waals surface area (Å²) in [5.41, 5.74) is 5.59. The molecule has 1 heteroatoms. The van der Waals surface area contributed by atoms with Crippen molar-refractivity contribution in [3.63, 3.8) is 0 Å². The lowest BCUT2D eigenvalue weighted by Gasteiger charge is -2.09. The van der Waals surface area contributed by atoms with Crippen LogP contribution in [-0.2, 0) is 0 Å². The molecule has 28 heavy (non-hydrogen) atoms. The van der Waals surface area contributed by atoms with Crippen LogP contribution in [0.3, 0.4) is 0 Å². The van der Waals surface area contributed by atoms with Crippen LogP contribution in [0, 0.1) is 6.92 Å². The zero-order valence-electron chi connectivity index (χ0n) is 15.6. The number of hydrogen-bond acceptors (Lipinski definition) is 1. The monoisotopic (exact) mass is 358 g/mol. The van der Waals surface area contributed by atoms with Crippen molar-refractivity contribution in [3.05, 3.63) is 96.6 Å². The highest BCUT2D eigenvalue weighted by molar-refractivity contribution is 6.24. The van der Waals surface area contributed by atoms with Crippen molar-refractivity contribution < 1.29 is 4.42 Å². The highest BCUT2D eigenvalue weighted by Gasteiger charge is 2.13. The SMILES string of the molecule is Cc1ccc(-c2ccc3oc4cccc5cccc(c6cccc2c36)c54)cc1. The van der Waals surface area contributed by atoms with Crippen LogP contribution in [-0.4, -0.2) is 0 Å². The first-order chi connectivity index (χ1) is 13.8. The molecule has 0 radical (unpaired) electrons. The topological polar surface area (TPSA) is 13.1 Å². The Labute approximate surface area is 162 Å². The van der Waals surface area contributed by atoms with Crippen molar-refractivity contribution in [2.24, 2.45) is 0 Å². The Morgan fingerprint density at radius 3 is 2.00 bits per heavy atom. The van der Waals surface area contributed by atoms with Crippen molar-refractivity contribution in [1.82, 2.24) is 0 Å². The summed E-state index contributed by atoms with van der Waals surface area (Å²) in [6.07, 6.45) is 0. The molecule has 0 bridgehead atoms. The minimum atomic E-state index is 0.921. The number of rotatable bonds is 1. The van der Waals surface area contributed by atoms with Gasteiger partial charge in [0.2, 0.25) is 0 Å². The predicted molar refractivity (Wildman–Crippen MR) is 119 cm³/mol. The van der Waals surface area contributed by atoms with Crippen LogP contribution in [0.5, 0.6) is 0 Å². The van der Waals surface area contributed by atoms with Gasteiger partial charge in [-0.3, -0.25) is 0 Å². The van der Waals surface area contributed by atoms with Crippen LogP contribution >= 0.6 is 0 Å². The Kier molecular flexibility index (Phi) is 3.15. The molecule has 6 rings (SSSR count). The van der Waals surface area contributed by atoms with Crippen LogP contribution in [0.4, 0.5) is 0 Å². The van der Waals surface area contributed by atoms with Crippen LogP contribution < -0.4 is 0 Å². The molecule has 0 unspecified atom stereocenters. The van der Waals surface area contributed by atoms with Crippen LogP contribution in [0.2, 0.25) is 0 Å². The van der Waals surface area contributed by atoms with E-state index in [4.69, 9.17) is 4.42 Å². The molecule has 0 saturated heterocycles. The van der Waals surface area contributed by atoms with Gasteiger partial charge in [-0.25, -0.2) is 0 Å². The zero-order valence-corrected chi connectivity index (χ0v) is 15.6. The largest absolute Gasteiger partial charge is 0.456 e. The summed E-state index contributed by atoms with van der Waals surface area (Å²) in [6, 6.07) is 32.4. The summed E-state index contributed by atoms with van der Waals surface area (Å²) in [5, 5.41) is 7.27. The first kappa shape index (κ1) is 15.5. The van der Waals surface area contributed by atoms with E-state index in [0.29, 0.717) is 0 Å². The Bertz CT molecular complexity index is 1500. The second-order valence-corrected chi connectivity index (χ2v) is 7.47. The fourth-order valence-electron chi connectivity index (χ4n) is 4.40. The molecule has 132 valence electrons. The zero-order chi connectivity index (χ0) is 18.7. The molecule has 0 amide bonds. The van der Waals surface area contributed by atoms with Crippen molar-refractivity contribution >= 4 is 43.5 Å². The van der Waals surface area contributed by atoms with Crippen molar-refractivity contribution in [2.75, 3.05) is 0 Å².